The summed E-state index contributed by atoms with van der Waals surface area (Å²) in [6.45, 7) is 2.13. The number of pyridine rings is 1. The molecule has 0 bridgehead atoms. The maximum Gasteiger partial charge on any atom is 0.417 e. The maximum absolute atomic E-state index is 12.6. The Hall–Kier alpha value is -1.50. The molecule has 26 heavy (non-hydrogen) atoms. The van der Waals surface area contributed by atoms with Gasteiger partial charge in [0.15, 0.2) is 0 Å². The van der Waals surface area contributed by atoms with E-state index < -0.39 is 11.7 Å². The Morgan fingerprint density at radius 2 is 1.88 bits per heavy atom. The molecule has 1 fully saturated rings. The van der Waals surface area contributed by atoms with Crippen LogP contribution >= 0.6 is 24.0 Å². The van der Waals surface area contributed by atoms with Crippen molar-refractivity contribution < 1.29 is 17.9 Å². The quantitative estimate of drug-likeness (QED) is 0.779. The number of hydrogen-bond donors (Lipinski definition) is 1. The first-order valence-corrected chi connectivity index (χ1v) is 8.43. The zero-order chi connectivity index (χ0) is 17.9. The zero-order valence-corrected chi connectivity index (χ0v) is 15.4. The highest BCUT2D eigenvalue weighted by molar-refractivity contribution is 6.30. The van der Waals surface area contributed by atoms with Crippen molar-refractivity contribution in [2.45, 2.75) is 18.5 Å². The minimum Gasteiger partial charge on any atom is -0.477 e. The summed E-state index contributed by atoms with van der Waals surface area (Å²) >= 11 is 5.94. The Morgan fingerprint density at radius 3 is 2.50 bits per heavy atom. The summed E-state index contributed by atoms with van der Waals surface area (Å²) in [6.07, 6.45) is -2.66. The van der Waals surface area contributed by atoms with E-state index in [1.165, 1.54) is 11.6 Å². The summed E-state index contributed by atoms with van der Waals surface area (Å²) in [6, 6.07) is 9.98. The molecule has 1 aromatic carbocycles. The first-order valence-electron chi connectivity index (χ1n) is 8.06. The van der Waals surface area contributed by atoms with Gasteiger partial charge in [0.25, 0.3) is 0 Å². The van der Waals surface area contributed by atoms with Crippen molar-refractivity contribution in [3.05, 3.63) is 58.7 Å². The van der Waals surface area contributed by atoms with E-state index in [0.29, 0.717) is 11.6 Å². The largest absolute Gasteiger partial charge is 0.477 e. The smallest absolute Gasteiger partial charge is 0.417 e. The van der Waals surface area contributed by atoms with E-state index in [1.54, 1.807) is 0 Å². The van der Waals surface area contributed by atoms with E-state index in [9.17, 15) is 13.2 Å². The van der Waals surface area contributed by atoms with Crippen LogP contribution in [0.5, 0.6) is 5.88 Å². The third-order valence-corrected chi connectivity index (χ3v) is 4.68. The molecule has 0 saturated carbocycles. The van der Waals surface area contributed by atoms with Gasteiger partial charge in [0.1, 0.15) is 0 Å². The minimum atomic E-state index is -4.39. The van der Waals surface area contributed by atoms with E-state index in [1.807, 2.05) is 24.3 Å². The van der Waals surface area contributed by atoms with Gasteiger partial charge in [0.05, 0.1) is 12.2 Å². The predicted octanol–water partition coefficient (Wildman–Crippen LogP) is 4.95. The predicted molar refractivity (Wildman–Crippen MR) is 97.2 cm³/mol. The lowest BCUT2D eigenvalue weighted by Gasteiger charge is -2.32. The maximum atomic E-state index is 12.6. The average molecular weight is 407 g/mol. The van der Waals surface area contributed by atoms with E-state index in [0.717, 1.165) is 31.8 Å². The molecule has 1 aliphatic rings. The van der Waals surface area contributed by atoms with Crippen molar-refractivity contribution >= 4 is 24.0 Å². The van der Waals surface area contributed by atoms with Crippen LogP contribution in [0.15, 0.2) is 42.6 Å². The summed E-state index contributed by atoms with van der Waals surface area (Å²) < 4.78 is 43.4. The van der Waals surface area contributed by atoms with Gasteiger partial charge >= 0.3 is 6.18 Å². The number of piperidine rings is 1. The Balaban J connectivity index is 0.00000243. The molecule has 0 unspecified atom stereocenters. The molecule has 0 radical (unpaired) electrons. The van der Waals surface area contributed by atoms with E-state index >= 15 is 0 Å². The summed E-state index contributed by atoms with van der Waals surface area (Å²) in [7, 11) is 0. The van der Waals surface area contributed by atoms with Crippen LogP contribution in [-0.4, -0.2) is 24.7 Å². The number of nitrogens with zero attached hydrogens (tertiary/aromatic N) is 1. The number of aromatic nitrogens is 1. The molecule has 8 heteroatoms. The SMILES string of the molecule is Cl.FC(F)(F)c1ccc(OC[C@@H]2CCNC[C@H]2c2ccc(Cl)cc2)nc1. The molecule has 142 valence electrons. The Kier molecular flexibility index (Phi) is 7.15. The molecule has 2 aromatic rings. The molecule has 1 aliphatic heterocycles. The van der Waals surface area contributed by atoms with Crippen molar-refractivity contribution in [3.63, 3.8) is 0 Å². The Bertz CT molecular complexity index is 693. The van der Waals surface area contributed by atoms with Crippen LogP contribution in [0.4, 0.5) is 13.2 Å². The van der Waals surface area contributed by atoms with Crippen LogP contribution in [0.2, 0.25) is 5.02 Å². The van der Waals surface area contributed by atoms with E-state index in [4.69, 9.17) is 16.3 Å². The molecule has 1 aromatic heterocycles. The number of ether oxygens (including phenoxy) is 1. The molecule has 1 N–H and O–H groups in total. The second kappa shape index (κ2) is 8.93. The molecule has 2 heterocycles. The first-order chi connectivity index (χ1) is 11.9. The number of hydrogen-bond acceptors (Lipinski definition) is 3. The van der Waals surface area contributed by atoms with Gasteiger partial charge < -0.3 is 10.1 Å². The van der Waals surface area contributed by atoms with Gasteiger partial charge in [-0.3, -0.25) is 0 Å². The fourth-order valence-corrected chi connectivity index (χ4v) is 3.16. The van der Waals surface area contributed by atoms with Crippen molar-refractivity contribution in [1.29, 1.82) is 0 Å². The van der Waals surface area contributed by atoms with Crippen LogP contribution in [0.25, 0.3) is 0 Å². The van der Waals surface area contributed by atoms with Gasteiger partial charge in [-0.15, -0.1) is 12.4 Å². The van der Waals surface area contributed by atoms with Crippen molar-refractivity contribution in [1.82, 2.24) is 10.3 Å². The van der Waals surface area contributed by atoms with Gasteiger partial charge in [0, 0.05) is 35.7 Å². The van der Waals surface area contributed by atoms with Crippen LogP contribution in [0.1, 0.15) is 23.5 Å². The van der Waals surface area contributed by atoms with Crippen molar-refractivity contribution in [2.75, 3.05) is 19.7 Å². The normalized spacial score (nSPS) is 20.3. The molecular formula is C18H19Cl2F3N2O. The highest BCUT2D eigenvalue weighted by atomic mass is 35.5. The van der Waals surface area contributed by atoms with Gasteiger partial charge in [0.2, 0.25) is 5.88 Å². The molecule has 2 atom stereocenters. The lowest BCUT2D eigenvalue weighted by molar-refractivity contribution is -0.137. The third-order valence-electron chi connectivity index (χ3n) is 4.43. The molecule has 3 rings (SSSR count). The standard InChI is InChI=1S/C18H18ClF3N2O.ClH/c19-15-4-1-12(2-5-15)16-10-23-8-7-13(16)11-25-17-6-3-14(9-24-17)18(20,21)22;/h1-6,9,13,16,23H,7-8,10-11H2;1H/t13-,16-;/m0./s1. The second-order valence-corrected chi connectivity index (χ2v) is 6.54. The fourth-order valence-electron chi connectivity index (χ4n) is 3.04. The average Bonchev–Trinajstić information content (AvgIpc) is 2.61. The summed E-state index contributed by atoms with van der Waals surface area (Å²) in [4.78, 5) is 3.76. The second-order valence-electron chi connectivity index (χ2n) is 6.10. The summed E-state index contributed by atoms with van der Waals surface area (Å²) in [5.74, 6) is 0.730. The van der Waals surface area contributed by atoms with Gasteiger partial charge in [-0.25, -0.2) is 4.98 Å². The van der Waals surface area contributed by atoms with Crippen LogP contribution in [0.3, 0.4) is 0 Å². The Morgan fingerprint density at radius 1 is 1.15 bits per heavy atom. The molecule has 0 aliphatic carbocycles. The first kappa shape index (κ1) is 20.8. The molecule has 0 amide bonds. The fraction of sp³-hybridized carbons (Fsp3) is 0.389. The van der Waals surface area contributed by atoms with Crippen LogP contribution in [0, 0.1) is 5.92 Å². The van der Waals surface area contributed by atoms with Crippen LogP contribution < -0.4 is 10.1 Å². The summed E-state index contributed by atoms with van der Waals surface area (Å²) in [5.41, 5.74) is 0.395. The monoisotopic (exact) mass is 406 g/mol. The lowest BCUT2D eigenvalue weighted by atomic mass is 9.82. The number of halogens is 5. The highest BCUT2D eigenvalue weighted by Gasteiger charge is 2.31. The van der Waals surface area contributed by atoms with Crippen LogP contribution in [-0.2, 0) is 6.18 Å². The van der Waals surface area contributed by atoms with Crippen molar-refractivity contribution in [3.8, 4) is 5.88 Å². The van der Waals surface area contributed by atoms with Gasteiger partial charge in [-0.1, -0.05) is 23.7 Å². The molecule has 0 spiro atoms. The van der Waals surface area contributed by atoms with E-state index in [-0.39, 0.29) is 30.1 Å². The summed E-state index contributed by atoms with van der Waals surface area (Å²) in [5, 5.41) is 4.06. The number of benzene rings is 1. The number of rotatable bonds is 4. The minimum absolute atomic E-state index is 0. The van der Waals surface area contributed by atoms with Gasteiger partial charge in [-0.05, 0) is 36.7 Å². The van der Waals surface area contributed by atoms with Crippen molar-refractivity contribution in [2.24, 2.45) is 5.92 Å². The third kappa shape index (κ3) is 5.25. The molecule has 1 saturated heterocycles. The number of alkyl halides is 3. The van der Waals surface area contributed by atoms with Gasteiger partial charge in [-0.2, -0.15) is 13.2 Å². The lowest BCUT2D eigenvalue weighted by Crippen LogP contribution is -2.37. The highest BCUT2D eigenvalue weighted by Crippen LogP contribution is 2.32. The Labute approximate surface area is 161 Å². The van der Waals surface area contributed by atoms with E-state index in [2.05, 4.69) is 10.3 Å². The zero-order valence-electron chi connectivity index (χ0n) is 13.8. The molecule has 3 nitrogen and oxygen atoms in total. The molecular weight excluding hydrogens is 388 g/mol. The topological polar surface area (TPSA) is 34.1 Å². The number of nitrogens with one attached hydrogen (secondary N) is 1.